The van der Waals surface area contributed by atoms with E-state index in [-0.39, 0.29) is 23.7 Å². The largest absolute Gasteiger partial charge is 0.441 e. The quantitative estimate of drug-likeness (QED) is 0.532. The number of carbonyl (C=O) groups excluding carboxylic acids is 3. The zero-order valence-corrected chi connectivity index (χ0v) is 22.4. The number of aliphatic hydroxyl groups is 1. The van der Waals surface area contributed by atoms with Gasteiger partial charge in [-0.15, -0.1) is 0 Å². The van der Waals surface area contributed by atoms with Crippen LogP contribution in [0.15, 0.2) is 24.3 Å². The van der Waals surface area contributed by atoms with E-state index in [1.54, 1.807) is 17.0 Å². The summed E-state index contributed by atoms with van der Waals surface area (Å²) in [6.45, 7) is 9.03. The summed E-state index contributed by atoms with van der Waals surface area (Å²) in [7, 11) is 0. The lowest BCUT2D eigenvalue weighted by Gasteiger charge is -2.51. The fraction of sp³-hybridized carbons (Fsp3) is 0.667. The Hall–Kier alpha value is -2.32. The fourth-order valence-corrected chi connectivity index (χ4v) is 6.23. The Labute approximate surface area is 218 Å². The van der Waals surface area contributed by atoms with E-state index in [0.717, 1.165) is 18.4 Å². The molecule has 0 radical (unpaired) electrons. The lowest BCUT2D eigenvalue weighted by molar-refractivity contribution is -0.156. The first-order valence-electron chi connectivity index (χ1n) is 12.9. The van der Waals surface area contributed by atoms with Gasteiger partial charge in [0.05, 0.1) is 12.1 Å². The van der Waals surface area contributed by atoms with Crippen LogP contribution < -0.4 is 10.6 Å². The molecule has 36 heavy (non-hydrogen) atoms. The van der Waals surface area contributed by atoms with Gasteiger partial charge in [-0.05, 0) is 55.2 Å². The molecule has 2 heterocycles. The van der Waals surface area contributed by atoms with E-state index < -0.39 is 28.8 Å². The molecule has 3 amide bonds. The van der Waals surface area contributed by atoms with Gasteiger partial charge in [0.2, 0.25) is 11.8 Å². The van der Waals surface area contributed by atoms with Crippen molar-refractivity contribution in [2.75, 3.05) is 19.6 Å². The second-order valence-corrected chi connectivity index (χ2v) is 12.2. The maximum absolute atomic E-state index is 13.6. The fourth-order valence-electron chi connectivity index (χ4n) is 6.10. The van der Waals surface area contributed by atoms with Crippen molar-refractivity contribution in [3.8, 4) is 0 Å². The Bertz CT molecular complexity index is 1010. The molecule has 0 bridgehead atoms. The third kappa shape index (κ3) is 5.21. The molecule has 2 aliphatic heterocycles. The summed E-state index contributed by atoms with van der Waals surface area (Å²) in [5, 5.41) is 17.9. The zero-order valence-electron chi connectivity index (χ0n) is 21.6. The van der Waals surface area contributed by atoms with Crippen LogP contribution in [0.25, 0.3) is 0 Å². The van der Waals surface area contributed by atoms with Crippen molar-refractivity contribution in [2.24, 2.45) is 17.3 Å². The molecule has 1 aromatic rings. The van der Waals surface area contributed by atoms with Crippen molar-refractivity contribution in [3.63, 3.8) is 0 Å². The van der Waals surface area contributed by atoms with Gasteiger partial charge in [-0.25, -0.2) is 4.79 Å². The van der Waals surface area contributed by atoms with Gasteiger partial charge in [0, 0.05) is 29.9 Å². The molecule has 1 saturated carbocycles. The molecule has 2 saturated heterocycles. The van der Waals surface area contributed by atoms with Gasteiger partial charge in [-0.2, -0.15) is 0 Å². The van der Waals surface area contributed by atoms with Gasteiger partial charge in [0.1, 0.15) is 11.6 Å². The van der Waals surface area contributed by atoms with E-state index in [1.807, 2.05) is 39.8 Å². The van der Waals surface area contributed by atoms with E-state index in [9.17, 15) is 19.5 Å². The van der Waals surface area contributed by atoms with Crippen molar-refractivity contribution in [1.82, 2.24) is 15.5 Å². The first-order valence-corrected chi connectivity index (χ1v) is 13.3. The molecule has 1 unspecified atom stereocenters. The summed E-state index contributed by atoms with van der Waals surface area (Å²) in [5.41, 5.74) is -1.40. The molecule has 1 aliphatic carbocycles. The normalized spacial score (nSPS) is 30.2. The number of amides is 3. The number of hydrogen-bond acceptors (Lipinski definition) is 5. The molecule has 1 spiro atoms. The molecular weight excluding hydrogens is 482 g/mol. The smallest absolute Gasteiger partial charge is 0.407 e. The number of nitrogens with one attached hydrogen (secondary N) is 2. The second kappa shape index (κ2) is 9.86. The van der Waals surface area contributed by atoms with E-state index in [4.69, 9.17) is 16.3 Å². The van der Waals surface area contributed by atoms with Crippen LogP contribution in [-0.4, -0.2) is 59.2 Å². The molecule has 1 aromatic carbocycles. The lowest BCUT2D eigenvalue weighted by Crippen LogP contribution is -2.60. The highest BCUT2D eigenvalue weighted by Crippen LogP contribution is 2.46. The van der Waals surface area contributed by atoms with Crippen LogP contribution in [0.3, 0.4) is 0 Å². The molecule has 4 rings (SSSR count). The highest BCUT2D eigenvalue weighted by molar-refractivity contribution is 6.30. The molecule has 4 atom stereocenters. The Morgan fingerprint density at radius 3 is 2.53 bits per heavy atom. The van der Waals surface area contributed by atoms with E-state index in [2.05, 4.69) is 10.6 Å². The van der Waals surface area contributed by atoms with Crippen LogP contribution >= 0.6 is 11.6 Å². The van der Waals surface area contributed by atoms with Crippen LogP contribution in [0.1, 0.15) is 65.4 Å². The number of nitrogens with zero attached hydrogens (tertiary/aromatic N) is 1. The molecule has 198 valence electrons. The maximum Gasteiger partial charge on any atom is 0.407 e. The zero-order chi connectivity index (χ0) is 26.3. The molecular formula is C27H38ClN3O5. The summed E-state index contributed by atoms with van der Waals surface area (Å²) in [6, 6.07) is 6.58. The second-order valence-electron chi connectivity index (χ2n) is 11.8. The minimum atomic E-state index is -1.10. The number of piperidine rings is 1. The minimum absolute atomic E-state index is 0.0865. The number of likely N-dealkylation sites (tertiary alicyclic amines) is 1. The summed E-state index contributed by atoms with van der Waals surface area (Å²) >= 11 is 6.04. The number of carbonyl (C=O) groups is 3. The van der Waals surface area contributed by atoms with Gasteiger partial charge < -0.3 is 25.4 Å². The Morgan fingerprint density at radius 2 is 1.94 bits per heavy atom. The molecule has 8 nitrogen and oxygen atoms in total. The number of alkyl carbamates (subject to hydrolysis) is 1. The molecule has 9 heteroatoms. The third-order valence-corrected chi connectivity index (χ3v) is 8.59. The number of benzene rings is 1. The Balaban J connectivity index is 1.38. The van der Waals surface area contributed by atoms with Crippen LogP contribution in [0.5, 0.6) is 0 Å². The number of halogens is 1. The van der Waals surface area contributed by atoms with E-state index >= 15 is 0 Å². The van der Waals surface area contributed by atoms with Crippen molar-refractivity contribution in [3.05, 3.63) is 34.9 Å². The highest BCUT2D eigenvalue weighted by Gasteiger charge is 2.51. The van der Waals surface area contributed by atoms with Crippen LogP contribution in [0.2, 0.25) is 5.02 Å². The van der Waals surface area contributed by atoms with Crippen molar-refractivity contribution in [2.45, 2.75) is 77.0 Å². The maximum atomic E-state index is 13.6. The van der Waals surface area contributed by atoms with Gasteiger partial charge in [0.15, 0.2) is 0 Å². The average molecular weight is 520 g/mol. The SMILES string of the molecule is CC(C)[C@@H](NC(=O)C[C@@H]1CCC2(CNC(=O)O2)C1)C(=O)N1CC[C@](O)(c2ccc(Cl)cc2)C(C)(C)C1. The van der Waals surface area contributed by atoms with Gasteiger partial charge in [-0.3, -0.25) is 9.59 Å². The topological polar surface area (TPSA) is 108 Å². The van der Waals surface area contributed by atoms with E-state index in [1.165, 1.54) is 0 Å². The van der Waals surface area contributed by atoms with Crippen LogP contribution in [0, 0.1) is 17.3 Å². The van der Waals surface area contributed by atoms with Crippen molar-refractivity contribution in [1.29, 1.82) is 0 Å². The average Bonchev–Trinajstić information content (AvgIpc) is 3.37. The summed E-state index contributed by atoms with van der Waals surface area (Å²) in [4.78, 5) is 39.8. The number of rotatable bonds is 6. The standard InChI is InChI=1S/C27H38ClN3O5/c1-17(2)22(30-21(32)13-18-9-10-26(14-18)15-29-24(34)36-26)23(33)31-12-11-27(35,25(3,4)16-31)19-5-7-20(28)8-6-19/h5-8,17-18,22,35H,9-16H2,1-4H3,(H,29,34)(H,30,32)/t18-,22+,26?,27-/m0/s1. The number of hydrogen-bond donors (Lipinski definition) is 3. The predicted octanol–water partition coefficient (Wildman–Crippen LogP) is 3.60. The summed E-state index contributed by atoms with van der Waals surface area (Å²) in [6.07, 6.45) is 2.52. The van der Waals surface area contributed by atoms with Gasteiger partial charge in [-0.1, -0.05) is 51.4 Å². The Kier molecular flexibility index (Phi) is 7.32. The number of ether oxygens (including phenoxy) is 1. The van der Waals surface area contributed by atoms with E-state index in [0.29, 0.717) is 43.9 Å². The van der Waals surface area contributed by atoms with Crippen molar-refractivity contribution >= 4 is 29.5 Å². The molecule has 3 aliphatic rings. The first kappa shape index (κ1) is 26.7. The predicted molar refractivity (Wildman–Crippen MR) is 136 cm³/mol. The third-order valence-electron chi connectivity index (χ3n) is 8.34. The van der Waals surface area contributed by atoms with Crippen LogP contribution in [0.4, 0.5) is 4.79 Å². The van der Waals surface area contributed by atoms with Gasteiger partial charge >= 0.3 is 6.09 Å². The monoisotopic (exact) mass is 519 g/mol. The summed E-state index contributed by atoms with van der Waals surface area (Å²) in [5.74, 6) is -0.253. The van der Waals surface area contributed by atoms with Crippen LogP contribution in [-0.2, 0) is 19.9 Å². The molecule has 0 aromatic heterocycles. The molecule has 3 fully saturated rings. The highest BCUT2D eigenvalue weighted by atomic mass is 35.5. The minimum Gasteiger partial charge on any atom is -0.441 e. The van der Waals surface area contributed by atoms with Gasteiger partial charge in [0.25, 0.3) is 0 Å². The molecule has 3 N–H and O–H groups in total. The van der Waals surface area contributed by atoms with Crippen molar-refractivity contribution < 1.29 is 24.2 Å². The first-order chi connectivity index (χ1) is 16.8. The summed E-state index contributed by atoms with van der Waals surface area (Å²) < 4.78 is 5.46. The lowest BCUT2D eigenvalue weighted by atomic mass is 9.66. The Morgan fingerprint density at radius 1 is 1.25 bits per heavy atom.